The smallest absolute Gasteiger partial charge is 0.387 e. The lowest BCUT2D eigenvalue weighted by molar-refractivity contribution is -0.384. The van der Waals surface area contributed by atoms with Gasteiger partial charge in [-0.3, -0.25) is 14.9 Å². The lowest BCUT2D eigenvalue weighted by Gasteiger charge is -2.11. The van der Waals surface area contributed by atoms with Crippen LogP contribution in [0.1, 0.15) is 10.4 Å². The van der Waals surface area contributed by atoms with Crippen LogP contribution in [0.3, 0.4) is 0 Å². The number of carbonyl (C=O) groups excluding carboxylic acids is 1. The molecule has 0 saturated heterocycles. The third-order valence-electron chi connectivity index (χ3n) is 2.74. The lowest BCUT2D eigenvalue weighted by atomic mass is 10.1. The van der Waals surface area contributed by atoms with Gasteiger partial charge in [0.25, 0.3) is 11.6 Å². The Kier molecular flexibility index (Phi) is 5.22. The number of amides is 1. The van der Waals surface area contributed by atoms with Crippen LogP contribution in [-0.2, 0) is 0 Å². The van der Waals surface area contributed by atoms with Crippen molar-refractivity contribution in [3.8, 4) is 5.75 Å². The summed E-state index contributed by atoms with van der Waals surface area (Å²) in [6.45, 7) is -3.16. The normalized spacial score (nSPS) is 10.4. The number of ether oxygens (including phenoxy) is 1. The second-order valence-corrected chi connectivity index (χ2v) is 5.19. The monoisotopic (exact) mass is 386 g/mol. The molecule has 0 fully saturated rings. The summed E-state index contributed by atoms with van der Waals surface area (Å²) >= 11 is 3.23. The van der Waals surface area contributed by atoms with Crippen molar-refractivity contribution in [2.24, 2.45) is 0 Å². The van der Waals surface area contributed by atoms with Crippen molar-refractivity contribution in [1.82, 2.24) is 0 Å². The van der Waals surface area contributed by atoms with Crippen LogP contribution in [0.4, 0.5) is 20.2 Å². The summed E-state index contributed by atoms with van der Waals surface area (Å²) < 4.78 is 29.8. The van der Waals surface area contributed by atoms with Crippen LogP contribution in [0.25, 0.3) is 0 Å². The molecular weight excluding hydrogens is 378 g/mol. The minimum atomic E-state index is -3.16. The Morgan fingerprint density at radius 1 is 1.22 bits per heavy atom. The van der Waals surface area contributed by atoms with Crippen LogP contribution in [0.15, 0.2) is 46.9 Å². The molecule has 0 unspecified atom stereocenters. The lowest BCUT2D eigenvalue weighted by Crippen LogP contribution is -2.15. The molecule has 6 nitrogen and oxygen atoms in total. The molecule has 9 heteroatoms. The SMILES string of the molecule is O=C(Nc1ccc(Br)cc1)c1cc([N+](=O)[O-])ccc1OC(F)F. The van der Waals surface area contributed by atoms with Gasteiger partial charge in [-0.05, 0) is 30.3 Å². The van der Waals surface area contributed by atoms with E-state index < -0.39 is 28.9 Å². The molecule has 0 aromatic heterocycles. The van der Waals surface area contributed by atoms with Gasteiger partial charge >= 0.3 is 6.61 Å². The summed E-state index contributed by atoms with van der Waals surface area (Å²) in [4.78, 5) is 22.3. The molecule has 0 spiro atoms. The molecule has 2 aromatic rings. The third-order valence-corrected chi connectivity index (χ3v) is 3.27. The van der Waals surface area contributed by atoms with Crippen LogP contribution in [0.5, 0.6) is 5.75 Å². The second kappa shape index (κ2) is 7.14. The van der Waals surface area contributed by atoms with Crippen molar-refractivity contribution in [2.75, 3.05) is 5.32 Å². The molecule has 2 aromatic carbocycles. The van der Waals surface area contributed by atoms with E-state index in [0.717, 1.165) is 22.7 Å². The maximum Gasteiger partial charge on any atom is 0.387 e. The standard InChI is InChI=1S/C14H9BrF2N2O4/c15-8-1-3-9(4-2-8)18-13(20)11-7-10(19(21)22)5-6-12(11)23-14(16)17/h1-7,14H,(H,18,20). The van der Waals surface area contributed by atoms with Crippen molar-refractivity contribution in [1.29, 1.82) is 0 Å². The number of halogens is 3. The van der Waals surface area contributed by atoms with Crippen LogP contribution >= 0.6 is 15.9 Å². The average Bonchev–Trinajstić information content (AvgIpc) is 2.49. The van der Waals surface area contributed by atoms with Gasteiger partial charge in [-0.15, -0.1) is 0 Å². The van der Waals surface area contributed by atoms with E-state index >= 15 is 0 Å². The summed E-state index contributed by atoms with van der Waals surface area (Å²) in [7, 11) is 0. The van der Waals surface area contributed by atoms with Crippen LogP contribution in [-0.4, -0.2) is 17.4 Å². The highest BCUT2D eigenvalue weighted by Gasteiger charge is 2.20. The molecule has 23 heavy (non-hydrogen) atoms. The first-order chi connectivity index (χ1) is 10.9. The zero-order valence-electron chi connectivity index (χ0n) is 11.3. The van der Waals surface area contributed by atoms with Crippen LogP contribution in [0.2, 0.25) is 0 Å². The number of hydrogen-bond donors (Lipinski definition) is 1. The highest BCUT2D eigenvalue weighted by molar-refractivity contribution is 9.10. The van der Waals surface area contributed by atoms with Gasteiger partial charge in [0.15, 0.2) is 0 Å². The van der Waals surface area contributed by atoms with Gasteiger partial charge in [-0.2, -0.15) is 8.78 Å². The van der Waals surface area contributed by atoms with Gasteiger partial charge in [0.05, 0.1) is 10.5 Å². The minimum Gasteiger partial charge on any atom is -0.434 e. The first-order valence-electron chi connectivity index (χ1n) is 6.17. The van der Waals surface area contributed by atoms with Crippen molar-refractivity contribution in [2.45, 2.75) is 6.61 Å². The highest BCUT2D eigenvalue weighted by atomic mass is 79.9. The first kappa shape index (κ1) is 16.8. The van der Waals surface area contributed by atoms with E-state index in [4.69, 9.17) is 0 Å². The number of nitro benzene ring substituents is 1. The van der Waals surface area contributed by atoms with Gasteiger partial charge < -0.3 is 10.1 Å². The van der Waals surface area contributed by atoms with E-state index in [-0.39, 0.29) is 5.56 Å². The second-order valence-electron chi connectivity index (χ2n) is 4.28. The quantitative estimate of drug-likeness (QED) is 0.616. The maximum absolute atomic E-state index is 12.4. The van der Waals surface area contributed by atoms with E-state index in [1.807, 2.05) is 0 Å². The molecule has 1 amide bonds. The predicted molar refractivity (Wildman–Crippen MR) is 81.8 cm³/mol. The Bertz CT molecular complexity index is 738. The van der Waals surface area contributed by atoms with Crippen molar-refractivity contribution >= 4 is 33.2 Å². The van der Waals surface area contributed by atoms with Crippen molar-refractivity contribution in [3.63, 3.8) is 0 Å². The molecule has 0 aliphatic carbocycles. The van der Waals surface area contributed by atoms with Gasteiger partial charge in [0.2, 0.25) is 0 Å². The molecule has 0 saturated carbocycles. The number of nitrogens with zero attached hydrogens (tertiary/aromatic N) is 1. The summed E-state index contributed by atoms with van der Waals surface area (Å²) in [6, 6.07) is 9.31. The van der Waals surface area contributed by atoms with Crippen LogP contribution < -0.4 is 10.1 Å². The Morgan fingerprint density at radius 2 is 1.87 bits per heavy atom. The molecule has 0 aliphatic rings. The number of hydrogen-bond acceptors (Lipinski definition) is 4. The van der Waals surface area contributed by atoms with Crippen molar-refractivity contribution in [3.05, 3.63) is 62.6 Å². The Morgan fingerprint density at radius 3 is 2.43 bits per heavy atom. The molecule has 0 bridgehead atoms. The van der Waals surface area contributed by atoms with E-state index in [1.165, 1.54) is 0 Å². The number of non-ortho nitro benzene ring substituents is 1. The molecule has 0 heterocycles. The van der Waals surface area contributed by atoms with Gasteiger partial charge in [0.1, 0.15) is 5.75 Å². The Balaban J connectivity index is 2.33. The molecule has 2 rings (SSSR count). The summed E-state index contributed by atoms with van der Waals surface area (Å²) in [5, 5.41) is 13.2. The van der Waals surface area contributed by atoms with Gasteiger partial charge in [-0.25, -0.2) is 0 Å². The predicted octanol–water partition coefficient (Wildman–Crippen LogP) is 4.21. The molecule has 120 valence electrons. The number of carbonyl (C=O) groups is 1. The molecule has 0 aliphatic heterocycles. The topological polar surface area (TPSA) is 81.5 Å². The van der Waals surface area contributed by atoms with E-state index in [0.29, 0.717) is 5.69 Å². The molecule has 0 radical (unpaired) electrons. The molecule has 1 N–H and O–H groups in total. The Labute approximate surface area is 137 Å². The van der Waals surface area contributed by atoms with Gasteiger partial charge in [-0.1, -0.05) is 15.9 Å². The number of nitro groups is 1. The van der Waals surface area contributed by atoms with Gasteiger partial charge in [0, 0.05) is 22.3 Å². The van der Waals surface area contributed by atoms with E-state index in [9.17, 15) is 23.7 Å². The fourth-order valence-corrected chi connectivity index (χ4v) is 2.00. The van der Waals surface area contributed by atoms with E-state index in [2.05, 4.69) is 26.0 Å². The van der Waals surface area contributed by atoms with E-state index in [1.54, 1.807) is 24.3 Å². The number of alkyl halides is 2. The molecular formula is C14H9BrF2N2O4. The van der Waals surface area contributed by atoms with Crippen molar-refractivity contribution < 1.29 is 23.2 Å². The summed E-state index contributed by atoms with van der Waals surface area (Å²) in [6.07, 6.45) is 0. The van der Waals surface area contributed by atoms with Crippen LogP contribution in [0, 0.1) is 10.1 Å². The largest absolute Gasteiger partial charge is 0.434 e. The molecule has 0 atom stereocenters. The number of rotatable bonds is 5. The zero-order chi connectivity index (χ0) is 17.0. The minimum absolute atomic E-state index is 0.359. The zero-order valence-corrected chi connectivity index (χ0v) is 12.9. The maximum atomic E-state index is 12.4. The fraction of sp³-hybridized carbons (Fsp3) is 0.0714. The number of benzene rings is 2. The fourth-order valence-electron chi connectivity index (χ4n) is 1.74. The first-order valence-corrected chi connectivity index (χ1v) is 6.96. The highest BCUT2D eigenvalue weighted by Crippen LogP contribution is 2.27. The summed E-state index contributed by atoms with van der Waals surface area (Å²) in [5.41, 5.74) is -0.373. The Hall–Kier alpha value is -2.55. The third kappa shape index (κ3) is 4.46. The summed E-state index contributed by atoms with van der Waals surface area (Å²) in [5.74, 6) is -1.24. The number of nitrogens with one attached hydrogen (secondary N) is 1. The average molecular weight is 387 g/mol. The number of anilines is 1.